The fraction of sp³-hybridized carbons (Fsp3) is 0.556. The van der Waals surface area contributed by atoms with Crippen LogP contribution in [0.2, 0.25) is 10.3 Å². The number of aromatic nitrogens is 1. The zero-order chi connectivity index (χ0) is 22.2. The Bertz CT molecular complexity index is 719. The van der Waals surface area contributed by atoms with Gasteiger partial charge in [0.1, 0.15) is 28.6 Å². The minimum absolute atomic E-state index is 0.0982. The van der Waals surface area contributed by atoms with Gasteiger partial charge in [-0.2, -0.15) is 0 Å². The minimum Gasteiger partial charge on any atom is -0.459 e. The molecule has 11 heteroatoms. The summed E-state index contributed by atoms with van der Waals surface area (Å²) in [6, 6.07) is 1.44. The highest BCUT2D eigenvalue weighted by molar-refractivity contribution is 6.32. The molecule has 3 N–H and O–H groups in total. The van der Waals surface area contributed by atoms with E-state index in [1.54, 1.807) is 20.8 Å². The Labute approximate surface area is 179 Å². The number of carbonyl (C=O) groups is 3. The molecule has 0 aliphatic carbocycles. The van der Waals surface area contributed by atoms with Gasteiger partial charge in [-0.25, -0.2) is 19.4 Å². The number of nitrogens with one attached hydrogen (secondary N) is 1. The van der Waals surface area contributed by atoms with Crippen molar-refractivity contribution in [2.75, 3.05) is 13.6 Å². The number of primary amides is 1. The second kappa shape index (κ2) is 11.1. The molecule has 1 aromatic heterocycles. The summed E-state index contributed by atoms with van der Waals surface area (Å²) < 4.78 is 10.7. The lowest BCUT2D eigenvalue weighted by molar-refractivity contribution is -0.151. The second-order valence-electron chi connectivity index (χ2n) is 7.27. The van der Waals surface area contributed by atoms with Crippen LogP contribution in [0.25, 0.3) is 0 Å². The second-order valence-corrected chi connectivity index (χ2v) is 8.04. The van der Waals surface area contributed by atoms with Gasteiger partial charge in [0.05, 0.1) is 0 Å². The number of pyridine rings is 1. The fourth-order valence-electron chi connectivity index (χ4n) is 2.29. The Morgan fingerprint density at radius 1 is 1.24 bits per heavy atom. The first-order valence-electron chi connectivity index (χ1n) is 8.87. The van der Waals surface area contributed by atoms with E-state index < -0.39 is 29.7 Å². The number of urea groups is 1. The number of likely N-dealkylation sites (N-methyl/N-ethyl adjacent to an activating group) is 1. The summed E-state index contributed by atoms with van der Waals surface area (Å²) in [5.74, 6) is -0.638. The van der Waals surface area contributed by atoms with Crippen LogP contribution in [0.15, 0.2) is 12.1 Å². The van der Waals surface area contributed by atoms with Crippen LogP contribution in [0.5, 0.6) is 0 Å². The van der Waals surface area contributed by atoms with E-state index in [4.69, 9.17) is 38.4 Å². The molecule has 1 heterocycles. The van der Waals surface area contributed by atoms with Crippen LogP contribution in [-0.4, -0.2) is 53.2 Å². The third-order valence-electron chi connectivity index (χ3n) is 3.58. The average Bonchev–Trinajstić information content (AvgIpc) is 2.56. The summed E-state index contributed by atoms with van der Waals surface area (Å²) in [7, 11) is 1.45. The number of ether oxygens (including phenoxy) is 2. The van der Waals surface area contributed by atoms with Gasteiger partial charge in [0.25, 0.3) is 0 Å². The van der Waals surface area contributed by atoms with Crippen LogP contribution < -0.4 is 11.1 Å². The summed E-state index contributed by atoms with van der Waals surface area (Å²) in [6.07, 6.45) is -0.0486. The number of rotatable bonds is 8. The molecule has 0 saturated carbocycles. The molecule has 162 valence electrons. The molecule has 0 aliphatic heterocycles. The zero-order valence-corrected chi connectivity index (χ0v) is 18.3. The molecular formula is C18H26Cl2N4O5. The van der Waals surface area contributed by atoms with E-state index in [0.29, 0.717) is 12.0 Å². The topological polar surface area (TPSA) is 124 Å². The molecule has 0 saturated heterocycles. The van der Waals surface area contributed by atoms with Gasteiger partial charge in [0.2, 0.25) is 0 Å². The Kier molecular flexibility index (Phi) is 9.45. The van der Waals surface area contributed by atoms with Crippen molar-refractivity contribution in [2.45, 2.75) is 51.9 Å². The van der Waals surface area contributed by atoms with Crippen molar-refractivity contribution in [1.82, 2.24) is 15.2 Å². The van der Waals surface area contributed by atoms with E-state index in [1.807, 2.05) is 0 Å². The number of nitrogens with two attached hydrogens (primary N) is 1. The lowest BCUT2D eigenvalue weighted by Gasteiger charge is -2.29. The molecule has 0 radical (unpaired) electrons. The van der Waals surface area contributed by atoms with Crippen LogP contribution in [0, 0.1) is 0 Å². The van der Waals surface area contributed by atoms with Gasteiger partial charge >= 0.3 is 18.1 Å². The predicted octanol–water partition coefficient (Wildman–Crippen LogP) is 3.12. The van der Waals surface area contributed by atoms with Crippen LogP contribution in [0.3, 0.4) is 0 Å². The quantitative estimate of drug-likeness (QED) is 0.357. The molecule has 9 nitrogen and oxygen atoms in total. The van der Waals surface area contributed by atoms with E-state index in [2.05, 4.69) is 10.3 Å². The molecule has 0 spiro atoms. The first-order chi connectivity index (χ1) is 13.4. The highest BCUT2D eigenvalue weighted by atomic mass is 35.5. The Balaban J connectivity index is 2.82. The van der Waals surface area contributed by atoms with Crippen molar-refractivity contribution in [1.29, 1.82) is 0 Å². The SMILES string of the molecule is CN(C(=O)OC(C)(C)C)[C@@H](CCCNC(N)=O)C(=O)OCc1cc(Cl)nc(Cl)c1. The largest absolute Gasteiger partial charge is 0.459 e. The van der Waals surface area contributed by atoms with Crippen molar-refractivity contribution < 1.29 is 23.9 Å². The smallest absolute Gasteiger partial charge is 0.410 e. The van der Waals surface area contributed by atoms with E-state index in [0.717, 1.165) is 0 Å². The highest BCUT2D eigenvalue weighted by Gasteiger charge is 2.31. The van der Waals surface area contributed by atoms with Crippen molar-refractivity contribution in [2.24, 2.45) is 5.73 Å². The molecule has 1 atom stereocenters. The number of halogens is 2. The monoisotopic (exact) mass is 448 g/mol. The molecule has 0 fully saturated rings. The maximum atomic E-state index is 12.7. The fourth-order valence-corrected chi connectivity index (χ4v) is 2.79. The van der Waals surface area contributed by atoms with Crippen LogP contribution >= 0.6 is 23.2 Å². The molecule has 1 aromatic rings. The molecule has 0 unspecified atom stereocenters. The summed E-state index contributed by atoms with van der Waals surface area (Å²) in [5, 5.41) is 2.77. The van der Waals surface area contributed by atoms with Gasteiger partial charge in [-0.05, 0) is 51.3 Å². The highest BCUT2D eigenvalue weighted by Crippen LogP contribution is 2.18. The van der Waals surface area contributed by atoms with Crippen LogP contribution in [-0.2, 0) is 20.9 Å². The first kappa shape index (κ1) is 24.8. The number of nitrogens with zero attached hydrogens (tertiary/aromatic N) is 2. The molecule has 1 rings (SSSR count). The standard InChI is InChI=1S/C18H26Cl2N4O5/c1-18(2,3)29-17(27)24(4)12(6-5-7-22-16(21)26)15(25)28-10-11-8-13(19)23-14(20)9-11/h8-9,12H,5-7,10H2,1-4H3,(H3,21,22,26)/t12-/m0/s1. The average molecular weight is 449 g/mol. The Morgan fingerprint density at radius 2 is 1.83 bits per heavy atom. The Hall–Kier alpha value is -2.26. The van der Waals surface area contributed by atoms with Crippen LogP contribution in [0.4, 0.5) is 9.59 Å². The van der Waals surface area contributed by atoms with E-state index >= 15 is 0 Å². The molecular weight excluding hydrogens is 423 g/mol. The molecule has 3 amide bonds. The first-order valence-corrected chi connectivity index (χ1v) is 9.62. The minimum atomic E-state index is -0.924. The van der Waals surface area contributed by atoms with Gasteiger partial charge in [-0.1, -0.05) is 23.2 Å². The normalized spacial score (nSPS) is 12.1. The zero-order valence-electron chi connectivity index (χ0n) is 16.8. The third-order valence-corrected chi connectivity index (χ3v) is 3.97. The van der Waals surface area contributed by atoms with Gasteiger partial charge in [-0.3, -0.25) is 4.90 Å². The van der Waals surface area contributed by atoms with E-state index in [9.17, 15) is 14.4 Å². The lowest BCUT2D eigenvalue weighted by Crippen LogP contribution is -2.46. The number of esters is 1. The van der Waals surface area contributed by atoms with Crippen LogP contribution in [0.1, 0.15) is 39.2 Å². The summed E-state index contributed by atoms with van der Waals surface area (Å²) in [5.41, 5.74) is 4.86. The van der Waals surface area contributed by atoms with Crippen molar-refractivity contribution in [3.63, 3.8) is 0 Å². The van der Waals surface area contributed by atoms with Crippen molar-refractivity contribution >= 4 is 41.3 Å². The van der Waals surface area contributed by atoms with Crippen molar-refractivity contribution in [3.8, 4) is 0 Å². The van der Waals surface area contributed by atoms with Gasteiger partial charge < -0.3 is 20.5 Å². The molecule has 0 bridgehead atoms. The maximum Gasteiger partial charge on any atom is 0.410 e. The lowest BCUT2D eigenvalue weighted by atomic mass is 10.1. The number of carbonyl (C=O) groups excluding carboxylic acids is 3. The van der Waals surface area contributed by atoms with Crippen molar-refractivity contribution in [3.05, 3.63) is 28.0 Å². The van der Waals surface area contributed by atoms with E-state index in [1.165, 1.54) is 24.1 Å². The number of amides is 3. The predicted molar refractivity (Wildman–Crippen MR) is 109 cm³/mol. The number of hydrogen-bond acceptors (Lipinski definition) is 6. The van der Waals surface area contributed by atoms with Gasteiger partial charge in [0.15, 0.2) is 0 Å². The van der Waals surface area contributed by atoms with Gasteiger partial charge in [-0.15, -0.1) is 0 Å². The summed E-state index contributed by atoms with van der Waals surface area (Å²) >= 11 is 11.7. The summed E-state index contributed by atoms with van der Waals surface area (Å²) in [4.78, 5) is 40.8. The molecule has 29 heavy (non-hydrogen) atoms. The number of hydrogen-bond donors (Lipinski definition) is 2. The van der Waals surface area contributed by atoms with E-state index in [-0.39, 0.29) is 29.9 Å². The molecule has 0 aromatic carbocycles. The Morgan fingerprint density at radius 3 is 2.34 bits per heavy atom. The molecule has 0 aliphatic rings. The van der Waals surface area contributed by atoms with Gasteiger partial charge in [0, 0.05) is 13.6 Å². The third kappa shape index (κ3) is 9.67. The maximum absolute atomic E-state index is 12.7. The summed E-state index contributed by atoms with van der Waals surface area (Å²) in [6.45, 7) is 5.31.